The van der Waals surface area contributed by atoms with Gasteiger partial charge in [-0.2, -0.15) is 0 Å². The first-order chi connectivity index (χ1) is 5.46. The van der Waals surface area contributed by atoms with E-state index in [2.05, 4.69) is 0 Å². The highest BCUT2D eigenvalue weighted by molar-refractivity contribution is 4.93. The lowest BCUT2D eigenvalue weighted by Crippen LogP contribution is -2.50. The van der Waals surface area contributed by atoms with E-state index in [4.69, 9.17) is 0 Å². The third-order valence-electron chi connectivity index (χ3n) is 3.24. The molecule has 1 saturated carbocycles. The zero-order valence-electron chi connectivity index (χ0n) is 8.14. The van der Waals surface area contributed by atoms with Gasteiger partial charge in [-0.1, -0.05) is 25.7 Å². The van der Waals surface area contributed by atoms with Gasteiger partial charge in [0.2, 0.25) is 0 Å². The Hall–Kier alpha value is -0.0800. The van der Waals surface area contributed by atoms with Gasteiger partial charge in [0, 0.05) is 0 Å². The highest BCUT2D eigenvalue weighted by atomic mass is 16.4. The maximum absolute atomic E-state index is 9.96. The molecule has 1 aliphatic carbocycles. The van der Waals surface area contributed by atoms with Gasteiger partial charge in [-0.05, 0) is 26.7 Å². The third kappa shape index (κ3) is 1.99. The molecule has 2 nitrogen and oxygen atoms in total. The Morgan fingerprint density at radius 1 is 0.750 bits per heavy atom. The molecule has 0 aromatic carbocycles. The molecule has 72 valence electrons. The Balaban J connectivity index is 2.66. The van der Waals surface area contributed by atoms with E-state index in [1.54, 1.807) is 13.8 Å². The molecule has 0 heterocycles. The van der Waals surface area contributed by atoms with E-state index in [0.717, 1.165) is 25.7 Å². The molecule has 2 N–H and O–H groups in total. The summed E-state index contributed by atoms with van der Waals surface area (Å²) in [6.45, 7) is 3.50. The van der Waals surface area contributed by atoms with Crippen LogP contribution in [-0.2, 0) is 0 Å². The zero-order chi connectivity index (χ0) is 9.24. The average Bonchev–Trinajstić information content (AvgIpc) is 1.94. The molecule has 0 saturated heterocycles. The van der Waals surface area contributed by atoms with E-state index in [1.165, 1.54) is 12.8 Å². The molecule has 0 spiro atoms. The van der Waals surface area contributed by atoms with Crippen molar-refractivity contribution in [3.05, 3.63) is 0 Å². The summed E-state index contributed by atoms with van der Waals surface area (Å²) in [5, 5.41) is 19.9. The first kappa shape index (κ1) is 10.0. The molecule has 0 aromatic heterocycles. The van der Waals surface area contributed by atoms with Gasteiger partial charge in [-0.25, -0.2) is 0 Å². The Bertz CT molecular complexity index is 132. The lowest BCUT2D eigenvalue weighted by molar-refractivity contribution is -0.143. The smallest absolute Gasteiger partial charge is 0.0902 e. The van der Waals surface area contributed by atoms with Crippen molar-refractivity contribution < 1.29 is 10.2 Å². The monoisotopic (exact) mass is 172 g/mol. The molecule has 2 heteroatoms. The van der Waals surface area contributed by atoms with Gasteiger partial charge in [0.1, 0.15) is 0 Å². The summed E-state index contributed by atoms with van der Waals surface area (Å²) in [5.41, 5.74) is -1.79. The third-order valence-corrected chi connectivity index (χ3v) is 3.24. The molecule has 2 unspecified atom stereocenters. The minimum Gasteiger partial charge on any atom is -0.387 e. The van der Waals surface area contributed by atoms with Crippen LogP contribution in [0.2, 0.25) is 0 Å². The summed E-state index contributed by atoms with van der Waals surface area (Å²) in [5.74, 6) is 0. The standard InChI is InChI=1S/C10H20O2/c1-9(11)7-5-3-4-6-8-10(9,2)12/h11-12H,3-8H2,1-2H3. The van der Waals surface area contributed by atoms with Crippen LogP contribution in [0.3, 0.4) is 0 Å². The average molecular weight is 172 g/mol. The molecular formula is C10H20O2. The van der Waals surface area contributed by atoms with Crippen LogP contribution in [0.5, 0.6) is 0 Å². The fourth-order valence-corrected chi connectivity index (χ4v) is 1.83. The molecule has 1 aliphatic rings. The van der Waals surface area contributed by atoms with Crippen LogP contribution < -0.4 is 0 Å². The quantitative estimate of drug-likeness (QED) is 0.585. The van der Waals surface area contributed by atoms with Crippen molar-refractivity contribution in [3.8, 4) is 0 Å². The van der Waals surface area contributed by atoms with Crippen molar-refractivity contribution in [2.75, 3.05) is 0 Å². The second-order valence-electron chi connectivity index (χ2n) is 4.46. The molecule has 0 amide bonds. The Morgan fingerprint density at radius 3 is 1.42 bits per heavy atom. The number of hydrogen-bond acceptors (Lipinski definition) is 2. The molecule has 2 atom stereocenters. The normalized spacial score (nSPS) is 45.0. The predicted molar refractivity (Wildman–Crippen MR) is 48.9 cm³/mol. The van der Waals surface area contributed by atoms with Crippen LogP contribution in [0.1, 0.15) is 52.4 Å². The maximum Gasteiger partial charge on any atom is 0.0902 e. The first-order valence-electron chi connectivity index (χ1n) is 4.90. The summed E-state index contributed by atoms with van der Waals surface area (Å²) in [7, 11) is 0. The van der Waals surface area contributed by atoms with Crippen LogP contribution in [0.15, 0.2) is 0 Å². The summed E-state index contributed by atoms with van der Waals surface area (Å²) < 4.78 is 0. The van der Waals surface area contributed by atoms with Crippen molar-refractivity contribution in [2.24, 2.45) is 0 Å². The molecule has 1 rings (SSSR count). The molecule has 1 fully saturated rings. The minimum atomic E-state index is -0.895. The van der Waals surface area contributed by atoms with Gasteiger partial charge in [0.15, 0.2) is 0 Å². The Morgan fingerprint density at radius 2 is 1.08 bits per heavy atom. The van der Waals surface area contributed by atoms with Crippen LogP contribution in [0, 0.1) is 0 Å². The van der Waals surface area contributed by atoms with E-state index >= 15 is 0 Å². The largest absolute Gasteiger partial charge is 0.387 e. The van der Waals surface area contributed by atoms with Gasteiger partial charge < -0.3 is 10.2 Å². The second kappa shape index (κ2) is 3.35. The predicted octanol–water partition coefficient (Wildman–Crippen LogP) is 1.84. The second-order valence-corrected chi connectivity index (χ2v) is 4.46. The van der Waals surface area contributed by atoms with Gasteiger partial charge in [-0.15, -0.1) is 0 Å². The number of rotatable bonds is 0. The van der Waals surface area contributed by atoms with Crippen LogP contribution in [0.25, 0.3) is 0 Å². The van der Waals surface area contributed by atoms with Crippen LogP contribution >= 0.6 is 0 Å². The molecule has 0 bridgehead atoms. The fraction of sp³-hybridized carbons (Fsp3) is 1.00. The molecule has 0 aromatic rings. The van der Waals surface area contributed by atoms with E-state index in [9.17, 15) is 10.2 Å². The van der Waals surface area contributed by atoms with Crippen LogP contribution in [0.4, 0.5) is 0 Å². The SMILES string of the molecule is CC1(O)CCCCCCC1(C)O. The lowest BCUT2D eigenvalue weighted by atomic mass is 9.76. The summed E-state index contributed by atoms with van der Waals surface area (Å²) in [4.78, 5) is 0. The fourth-order valence-electron chi connectivity index (χ4n) is 1.83. The van der Waals surface area contributed by atoms with Crippen molar-refractivity contribution in [1.29, 1.82) is 0 Å². The van der Waals surface area contributed by atoms with Gasteiger partial charge in [0.05, 0.1) is 11.2 Å². The first-order valence-corrected chi connectivity index (χ1v) is 4.90. The van der Waals surface area contributed by atoms with Gasteiger partial charge in [0.25, 0.3) is 0 Å². The Labute approximate surface area is 74.6 Å². The van der Waals surface area contributed by atoms with E-state index in [1.807, 2.05) is 0 Å². The molecular weight excluding hydrogens is 152 g/mol. The molecule has 0 radical (unpaired) electrons. The summed E-state index contributed by atoms with van der Waals surface area (Å²) in [6.07, 6.45) is 5.88. The Kier molecular flexibility index (Phi) is 2.79. The zero-order valence-corrected chi connectivity index (χ0v) is 8.14. The van der Waals surface area contributed by atoms with Crippen molar-refractivity contribution in [2.45, 2.75) is 63.6 Å². The van der Waals surface area contributed by atoms with E-state index in [-0.39, 0.29) is 0 Å². The lowest BCUT2D eigenvalue weighted by Gasteiger charge is -2.40. The molecule has 12 heavy (non-hydrogen) atoms. The van der Waals surface area contributed by atoms with Gasteiger partial charge >= 0.3 is 0 Å². The van der Waals surface area contributed by atoms with Crippen molar-refractivity contribution >= 4 is 0 Å². The molecule has 0 aliphatic heterocycles. The maximum atomic E-state index is 9.96. The number of hydrogen-bond donors (Lipinski definition) is 2. The highest BCUT2D eigenvalue weighted by Crippen LogP contribution is 2.34. The topological polar surface area (TPSA) is 40.5 Å². The number of aliphatic hydroxyl groups is 2. The highest BCUT2D eigenvalue weighted by Gasteiger charge is 2.41. The van der Waals surface area contributed by atoms with Crippen LogP contribution in [-0.4, -0.2) is 21.4 Å². The van der Waals surface area contributed by atoms with E-state index in [0.29, 0.717) is 0 Å². The minimum absolute atomic E-state index is 0.722. The van der Waals surface area contributed by atoms with Gasteiger partial charge in [-0.3, -0.25) is 0 Å². The summed E-state index contributed by atoms with van der Waals surface area (Å²) in [6, 6.07) is 0. The summed E-state index contributed by atoms with van der Waals surface area (Å²) >= 11 is 0. The van der Waals surface area contributed by atoms with E-state index < -0.39 is 11.2 Å². The van der Waals surface area contributed by atoms with Crippen molar-refractivity contribution in [1.82, 2.24) is 0 Å². The van der Waals surface area contributed by atoms with Crippen molar-refractivity contribution in [3.63, 3.8) is 0 Å².